The van der Waals surface area contributed by atoms with E-state index < -0.39 is 109 Å². The molecule has 0 saturated heterocycles. The van der Waals surface area contributed by atoms with Crippen molar-refractivity contribution < 1.29 is 224 Å². The molecule has 0 aromatic heterocycles. The summed E-state index contributed by atoms with van der Waals surface area (Å²) in [6.07, 6.45) is -15.6. The summed E-state index contributed by atoms with van der Waals surface area (Å²) in [5.74, 6) is -3.86. The van der Waals surface area contributed by atoms with E-state index in [4.69, 9.17) is 101 Å². The van der Waals surface area contributed by atoms with Crippen LogP contribution in [-0.2, 0) is 125 Å². The molecule has 2 atom stereocenters. The Labute approximate surface area is 805 Å². The predicted molar refractivity (Wildman–Crippen MR) is 462 cm³/mol. The van der Waals surface area contributed by atoms with Crippen LogP contribution in [0.5, 0.6) is 0 Å². The normalized spacial score (nSPS) is 12.8. The molecular weight excluding hydrogens is 1940 g/mol. The Hall–Kier alpha value is -2.85. The van der Waals surface area contributed by atoms with E-state index >= 15 is 0 Å². The Kier molecular flexibility index (Phi) is 92.4. The van der Waals surface area contributed by atoms with Gasteiger partial charge in [-0.2, -0.15) is 52.7 Å². The zero-order valence-corrected chi connectivity index (χ0v) is 83.9. The number of nitrogens with zero attached hydrogens (tertiary/aromatic N) is 2. The fourth-order valence-corrected chi connectivity index (χ4v) is 12.4. The van der Waals surface area contributed by atoms with E-state index in [2.05, 4.69) is 37.0 Å². The maximum absolute atomic E-state index is 13.4. The van der Waals surface area contributed by atoms with Gasteiger partial charge < -0.3 is 121 Å². The molecule has 0 spiro atoms. The van der Waals surface area contributed by atoms with E-state index in [-0.39, 0.29) is 104 Å². The standard InChI is InChI=1S/C24H46F4O9.C16H23F3N2O4S.C16H34O9.C14H21F3N2O2S.C8H13BrF4.C2H3ClO2.C2H6O.Na/c1-23(25,24(26,27)28)5-3-2-4-7-30-9-11-32-13-15-34-17-19-36-21-22-37-20-18-35-16-14-33-12-10-31-8-6-29;1-12-7-13(9-14(8-12)16(17,18)19)11-26(24,25)20-5-4-6-21(2,3)10-15(22)23;17-1-3-19-5-7-21-9-11-23-13-15-25-16-14-24-12-10-22-8-6-20-4-2-18;1-11-7-12(9-13(8-11)14(15,16)17)10-22(20,21)18-5-4-6-19(2)3;1-7(10,8(11,12)13)5-3-2-4-6-9;3-1-2(4)5;1-2-3;/h29H,2-22H2,1H3;7-9,20H,4-6,10-11H2,1-3H3;17-18H,1-16H2;7-9,18H,4-6,10H2,1-3H3;2-6H2,1H3;1H2,(H,4,5);3H,2H2,1H3;/q;;;;;;;+1/p-1. The van der Waals surface area contributed by atoms with E-state index in [1.807, 2.05) is 19.0 Å². The molecule has 0 fully saturated rings. The molecule has 2 unspecified atom stereocenters. The van der Waals surface area contributed by atoms with Gasteiger partial charge in [-0.05, 0) is 136 Å². The van der Waals surface area contributed by atoms with Gasteiger partial charge in [0.25, 0.3) is 0 Å². The average molecular weight is 2090 g/mol. The molecule has 0 aliphatic heterocycles. The quantitative estimate of drug-likeness (QED) is 0.0161. The van der Waals surface area contributed by atoms with Crippen LogP contribution in [0.1, 0.15) is 118 Å². The van der Waals surface area contributed by atoms with E-state index in [1.165, 1.54) is 26.0 Å². The molecule has 0 aliphatic rings. The maximum atomic E-state index is 13.4. The van der Waals surface area contributed by atoms with Crippen molar-refractivity contribution in [2.45, 2.75) is 146 Å². The number of benzene rings is 2. The molecule has 0 amide bonds. The Morgan fingerprint density at radius 2 is 0.667 bits per heavy atom. The Morgan fingerprint density at radius 3 is 0.894 bits per heavy atom. The summed E-state index contributed by atoms with van der Waals surface area (Å²) >= 11 is 7.83. The fourth-order valence-electron chi connectivity index (χ4n) is 9.65. The number of aliphatic carboxylic acids is 2. The molecular formula is C82H145BrClF14N4NaO27S2. The number of quaternary nitrogens is 1. The van der Waals surface area contributed by atoms with Gasteiger partial charge in [0, 0.05) is 38.1 Å². The third-order valence-electron chi connectivity index (χ3n) is 16.1. The van der Waals surface area contributed by atoms with Gasteiger partial charge in [-0.15, -0.1) is 11.6 Å². The molecule has 0 radical (unpaired) electrons. The minimum absolute atomic E-state index is 0. The Morgan fingerprint density at radius 1 is 0.417 bits per heavy atom. The molecule has 132 heavy (non-hydrogen) atoms. The van der Waals surface area contributed by atoms with Crippen LogP contribution in [0, 0.1) is 13.8 Å². The van der Waals surface area contributed by atoms with E-state index in [9.17, 15) is 88.2 Å². The average Bonchev–Trinajstić information content (AvgIpc) is 0.815. The second-order valence-electron chi connectivity index (χ2n) is 29.3. The fraction of sp³-hybridized carbons (Fsp3) is 0.829. The first-order valence-electron chi connectivity index (χ1n) is 42.3. The molecule has 780 valence electrons. The summed E-state index contributed by atoms with van der Waals surface area (Å²) in [7, 11) is -0.352. The Bertz CT molecular complexity index is 3220. The van der Waals surface area contributed by atoms with Crippen LogP contribution < -0.4 is 49.2 Å². The number of aryl methyl sites for hydroxylation is 2. The largest absolute Gasteiger partial charge is 1.00 e. The van der Waals surface area contributed by atoms with E-state index in [1.54, 1.807) is 21.0 Å². The number of unbranched alkanes of at least 4 members (excludes halogenated alkanes) is 4. The summed E-state index contributed by atoms with van der Waals surface area (Å²) in [5.41, 5.74) is -6.98. The number of carboxylic acids is 2. The van der Waals surface area contributed by atoms with Crippen LogP contribution in [0.4, 0.5) is 61.5 Å². The predicted octanol–water partition coefficient (Wildman–Crippen LogP) is 5.29. The summed E-state index contributed by atoms with van der Waals surface area (Å²) in [5, 5.41) is 53.6. The molecule has 31 nitrogen and oxygen atoms in total. The Balaban J connectivity index is -0.000000377. The van der Waals surface area contributed by atoms with E-state index in [0.29, 0.717) is 262 Å². The number of carbonyl (C=O) groups excluding carboxylic acids is 2. The monoisotopic (exact) mass is 2080 g/mol. The van der Waals surface area contributed by atoms with Crippen molar-refractivity contribution in [3.63, 3.8) is 0 Å². The number of aliphatic hydroxyl groups is 4. The van der Waals surface area contributed by atoms with Crippen molar-refractivity contribution in [1.29, 1.82) is 0 Å². The zero-order valence-electron chi connectivity index (χ0n) is 77.9. The maximum Gasteiger partial charge on any atom is 1.00 e. The molecule has 0 saturated carbocycles. The van der Waals surface area contributed by atoms with Gasteiger partial charge in [0.05, 0.1) is 273 Å². The van der Waals surface area contributed by atoms with Gasteiger partial charge in [0.1, 0.15) is 6.54 Å². The second kappa shape index (κ2) is 87.2. The van der Waals surface area contributed by atoms with Crippen molar-refractivity contribution in [2.75, 3.05) is 297 Å². The number of carboxylic acid groups (broad SMARTS) is 2. The number of likely N-dealkylation sites (N-methyl/N-ethyl adjacent to an activating group) is 1. The number of ether oxygens (including phenoxy) is 15. The molecule has 6 N–H and O–H groups in total. The van der Waals surface area contributed by atoms with Gasteiger partial charge in [-0.3, -0.25) is 0 Å². The van der Waals surface area contributed by atoms with Crippen molar-refractivity contribution in [3.8, 4) is 0 Å². The number of hydrogen-bond acceptors (Lipinski definition) is 28. The van der Waals surface area contributed by atoms with Crippen LogP contribution in [0.3, 0.4) is 0 Å². The van der Waals surface area contributed by atoms with Crippen LogP contribution in [0.2, 0.25) is 0 Å². The molecule has 2 aromatic carbocycles. The number of rotatable bonds is 73. The minimum Gasteiger partial charge on any atom is -0.549 e. The van der Waals surface area contributed by atoms with Crippen LogP contribution >= 0.6 is 27.5 Å². The topological polar surface area (TPSA) is 395 Å². The van der Waals surface area contributed by atoms with Crippen LogP contribution in [0.25, 0.3) is 0 Å². The second-order valence-corrected chi connectivity index (χ2v) is 34.0. The van der Waals surface area contributed by atoms with Crippen LogP contribution in [-0.4, -0.2) is 379 Å². The molecule has 2 aromatic rings. The molecule has 0 heterocycles. The molecule has 0 aliphatic carbocycles. The van der Waals surface area contributed by atoms with Crippen molar-refractivity contribution in [2.24, 2.45) is 0 Å². The van der Waals surface area contributed by atoms with Gasteiger partial charge in [-0.1, -0.05) is 52.0 Å². The molecule has 50 heteroatoms. The van der Waals surface area contributed by atoms with Gasteiger partial charge in [0.15, 0.2) is 0 Å². The third-order valence-corrected chi connectivity index (χ3v) is 19.6. The number of nitrogens with one attached hydrogen (secondary N) is 2. The van der Waals surface area contributed by atoms with Crippen molar-refractivity contribution >= 4 is 59.5 Å². The first kappa shape index (κ1) is 140. The number of sulfonamides is 2. The van der Waals surface area contributed by atoms with Gasteiger partial charge in [0.2, 0.25) is 31.4 Å². The van der Waals surface area contributed by atoms with Gasteiger partial charge >= 0.3 is 54.3 Å². The first-order chi connectivity index (χ1) is 61.4. The summed E-state index contributed by atoms with van der Waals surface area (Å²) in [6, 6.07) is 6.52. The number of alkyl halides is 16. The van der Waals surface area contributed by atoms with Gasteiger partial charge in [-0.25, -0.2) is 35.1 Å². The summed E-state index contributed by atoms with van der Waals surface area (Å²) in [4.78, 5) is 21.7. The summed E-state index contributed by atoms with van der Waals surface area (Å²) in [6.45, 7) is 21.2. The molecule has 0 bridgehead atoms. The minimum atomic E-state index is -4.82. The third kappa shape index (κ3) is 96.0. The smallest absolute Gasteiger partial charge is 0.549 e. The van der Waals surface area contributed by atoms with Crippen LogP contribution in [0.15, 0.2) is 36.4 Å². The number of carbonyl (C=O) groups is 2. The van der Waals surface area contributed by atoms with E-state index in [0.717, 1.165) is 42.6 Å². The number of aliphatic hydroxyl groups excluding tert-OH is 4. The first-order valence-corrected chi connectivity index (χ1v) is 47.3. The SMILES string of the molecule is CC(F)(CCCCCBr)C(F)(F)F.CC(F)(CCCCCOCCOCCOCCOCCOCCOCCOCCOCCO)C(F)(F)F.CCO.Cc1cc(CS(=O)(=O)NCCCN(C)C)cc(C(F)(F)F)c1.Cc1cc(CS(=O)(=O)NCCC[N+](C)(C)CC(=O)[O-])cc(C(F)(F)F)c1.O=C([O-])CCl.OCCOCCOCCOCCOCCOCCOCCOCCO.[Na+]. The van der Waals surface area contributed by atoms with Crippen molar-refractivity contribution in [1.82, 2.24) is 14.3 Å². The number of hydrogen-bond donors (Lipinski definition) is 6. The molecule has 2 rings (SSSR count). The van der Waals surface area contributed by atoms with Crippen molar-refractivity contribution in [3.05, 3.63) is 69.8 Å². The summed E-state index contributed by atoms with van der Waals surface area (Å²) < 4.78 is 308. The number of halogens is 16. The zero-order chi connectivity index (χ0) is 100.